The summed E-state index contributed by atoms with van der Waals surface area (Å²) in [5, 5.41) is 9.47. The van der Waals surface area contributed by atoms with Crippen LogP contribution in [-0.4, -0.2) is 11.1 Å². The second-order valence-electron chi connectivity index (χ2n) is 5.12. The minimum absolute atomic E-state index is 0.555. The van der Waals surface area contributed by atoms with Crippen LogP contribution in [0.2, 0.25) is 0 Å². The molecule has 1 aromatic carbocycles. The Bertz CT molecular complexity index is 491. The molecule has 19 heavy (non-hydrogen) atoms. The van der Waals surface area contributed by atoms with Crippen molar-refractivity contribution >= 4 is 17.2 Å². The second-order valence-corrected chi connectivity index (χ2v) is 5.12. The molecule has 0 saturated heterocycles. The van der Waals surface area contributed by atoms with Crippen LogP contribution in [0.25, 0.3) is 5.57 Å². The maximum Gasteiger partial charge on any atom is 0.331 e. The predicted molar refractivity (Wildman–Crippen MR) is 77.7 cm³/mol. The van der Waals surface area contributed by atoms with Gasteiger partial charge in [-0.3, -0.25) is 0 Å². The van der Waals surface area contributed by atoms with Crippen molar-refractivity contribution in [2.75, 3.05) is 5.73 Å². The number of nitrogens with two attached hydrogens (primary N) is 1. The van der Waals surface area contributed by atoms with Crippen molar-refractivity contribution in [2.24, 2.45) is 0 Å². The number of para-hydroxylation sites is 1. The average Bonchev–Trinajstić information content (AvgIpc) is 2.50. The van der Waals surface area contributed by atoms with E-state index in [2.05, 4.69) is 0 Å². The molecule has 102 valence electrons. The zero-order chi connectivity index (χ0) is 13.7. The van der Waals surface area contributed by atoms with E-state index in [1.165, 1.54) is 12.8 Å². The summed E-state index contributed by atoms with van der Waals surface area (Å²) in [6.07, 6.45) is 6.95. The minimum atomic E-state index is -0.792. The number of anilines is 1. The predicted octanol–water partition coefficient (Wildman–Crippen LogP) is 3.85. The number of aliphatic carboxylic acids is 1. The smallest absolute Gasteiger partial charge is 0.331 e. The van der Waals surface area contributed by atoms with Crippen molar-refractivity contribution in [3.8, 4) is 0 Å². The van der Waals surface area contributed by atoms with Gasteiger partial charge in [0.2, 0.25) is 0 Å². The van der Waals surface area contributed by atoms with E-state index in [0.717, 1.165) is 36.8 Å². The molecular weight excluding hydrogens is 238 g/mol. The Morgan fingerprint density at radius 2 is 1.63 bits per heavy atom. The topological polar surface area (TPSA) is 63.3 Å². The van der Waals surface area contributed by atoms with Gasteiger partial charge in [0.15, 0.2) is 0 Å². The molecule has 0 aliphatic heterocycles. The highest BCUT2D eigenvalue weighted by Gasteiger charge is 2.18. The highest BCUT2D eigenvalue weighted by atomic mass is 16.4. The molecule has 0 radical (unpaired) electrons. The van der Waals surface area contributed by atoms with Crippen LogP contribution in [0.5, 0.6) is 0 Å². The Hall–Kier alpha value is -1.77. The summed E-state index contributed by atoms with van der Waals surface area (Å²) in [5.41, 5.74) is 9.09. The van der Waals surface area contributed by atoms with Crippen molar-refractivity contribution in [3.63, 3.8) is 0 Å². The van der Waals surface area contributed by atoms with Crippen LogP contribution in [0.1, 0.15) is 50.5 Å². The third-order valence-corrected chi connectivity index (χ3v) is 3.76. The van der Waals surface area contributed by atoms with Crippen molar-refractivity contribution < 1.29 is 9.90 Å². The van der Waals surface area contributed by atoms with Crippen LogP contribution in [-0.2, 0) is 4.79 Å². The monoisotopic (exact) mass is 259 g/mol. The van der Waals surface area contributed by atoms with Gasteiger partial charge in [-0.05, 0) is 37.3 Å². The largest absolute Gasteiger partial charge is 0.478 e. The molecule has 0 aromatic heterocycles. The van der Waals surface area contributed by atoms with Crippen LogP contribution >= 0.6 is 0 Å². The van der Waals surface area contributed by atoms with Crippen LogP contribution in [0.4, 0.5) is 5.69 Å². The Labute approximate surface area is 114 Å². The third kappa shape index (κ3) is 3.37. The van der Waals surface area contributed by atoms with Crippen LogP contribution in [0.15, 0.2) is 29.8 Å². The van der Waals surface area contributed by atoms with E-state index in [-0.39, 0.29) is 0 Å². The first-order valence-electron chi connectivity index (χ1n) is 7.00. The van der Waals surface area contributed by atoms with Gasteiger partial charge in [0.1, 0.15) is 0 Å². The van der Waals surface area contributed by atoms with Gasteiger partial charge >= 0.3 is 5.97 Å². The standard InChI is InChI=1S/C16H21NO2/c17-15-11-7-6-9-13(15)12-8-4-2-1-3-5-10-14(12)16(18)19/h6-7,9,11H,1-5,8,10,17H2,(H,18,19)/b14-12-. The Kier molecular flexibility index (Phi) is 4.61. The summed E-state index contributed by atoms with van der Waals surface area (Å²) < 4.78 is 0. The number of rotatable bonds is 2. The normalized spacial score (nSPS) is 21.3. The Morgan fingerprint density at radius 3 is 2.32 bits per heavy atom. The van der Waals surface area contributed by atoms with Gasteiger partial charge in [0.25, 0.3) is 0 Å². The summed E-state index contributed by atoms with van der Waals surface area (Å²) in [4.78, 5) is 11.5. The summed E-state index contributed by atoms with van der Waals surface area (Å²) in [7, 11) is 0. The first-order chi connectivity index (χ1) is 9.20. The molecule has 1 aliphatic rings. The van der Waals surface area contributed by atoms with E-state index in [4.69, 9.17) is 5.73 Å². The van der Waals surface area contributed by atoms with Crippen molar-refractivity contribution in [3.05, 3.63) is 35.4 Å². The molecular formula is C16H21NO2. The van der Waals surface area contributed by atoms with Crippen molar-refractivity contribution in [1.29, 1.82) is 0 Å². The van der Waals surface area contributed by atoms with E-state index in [0.29, 0.717) is 17.7 Å². The molecule has 0 bridgehead atoms. The molecule has 0 fully saturated rings. The van der Waals surface area contributed by atoms with Gasteiger partial charge in [0.05, 0.1) is 0 Å². The number of allylic oxidation sites excluding steroid dienone is 1. The highest BCUT2D eigenvalue weighted by molar-refractivity contribution is 5.97. The maximum atomic E-state index is 11.5. The fourth-order valence-electron chi connectivity index (χ4n) is 2.74. The third-order valence-electron chi connectivity index (χ3n) is 3.76. The van der Waals surface area contributed by atoms with Crippen LogP contribution in [0.3, 0.4) is 0 Å². The molecule has 1 aliphatic carbocycles. The van der Waals surface area contributed by atoms with Gasteiger partial charge in [-0.1, -0.05) is 37.5 Å². The molecule has 2 rings (SSSR count). The molecule has 1 aromatic rings. The molecule has 0 unspecified atom stereocenters. The fourth-order valence-corrected chi connectivity index (χ4v) is 2.74. The number of carboxylic acid groups (broad SMARTS) is 1. The quantitative estimate of drug-likeness (QED) is 0.793. The lowest BCUT2D eigenvalue weighted by Crippen LogP contribution is -2.06. The number of benzene rings is 1. The van der Waals surface area contributed by atoms with E-state index in [1.54, 1.807) is 0 Å². The summed E-state index contributed by atoms with van der Waals surface area (Å²) in [6.45, 7) is 0. The number of carbonyl (C=O) groups is 1. The van der Waals surface area contributed by atoms with E-state index in [9.17, 15) is 9.90 Å². The van der Waals surface area contributed by atoms with Crippen molar-refractivity contribution in [1.82, 2.24) is 0 Å². The molecule has 0 spiro atoms. The molecule has 0 amide bonds. The summed E-state index contributed by atoms with van der Waals surface area (Å²) >= 11 is 0. The molecule has 3 heteroatoms. The zero-order valence-corrected chi connectivity index (χ0v) is 11.2. The lowest BCUT2D eigenvalue weighted by Gasteiger charge is -2.14. The number of hydrogen-bond acceptors (Lipinski definition) is 2. The summed E-state index contributed by atoms with van der Waals surface area (Å²) in [6, 6.07) is 7.58. The van der Waals surface area contributed by atoms with Crippen molar-refractivity contribution in [2.45, 2.75) is 44.9 Å². The lowest BCUT2D eigenvalue weighted by atomic mass is 9.92. The van der Waals surface area contributed by atoms with Gasteiger partial charge < -0.3 is 10.8 Å². The van der Waals surface area contributed by atoms with E-state index >= 15 is 0 Å². The van der Waals surface area contributed by atoms with Crippen LogP contribution in [0, 0.1) is 0 Å². The molecule has 0 heterocycles. The highest BCUT2D eigenvalue weighted by Crippen LogP contribution is 2.32. The number of hydrogen-bond donors (Lipinski definition) is 2. The minimum Gasteiger partial charge on any atom is -0.478 e. The van der Waals surface area contributed by atoms with Gasteiger partial charge in [0, 0.05) is 16.8 Å². The SMILES string of the molecule is Nc1ccccc1/C1=C(\C(=O)O)CCCCCCC1. The lowest BCUT2D eigenvalue weighted by molar-refractivity contribution is -0.132. The first-order valence-corrected chi connectivity index (χ1v) is 7.00. The van der Waals surface area contributed by atoms with Crippen LogP contribution < -0.4 is 5.73 Å². The Morgan fingerprint density at radius 1 is 1.00 bits per heavy atom. The van der Waals surface area contributed by atoms with E-state index in [1.807, 2.05) is 24.3 Å². The van der Waals surface area contributed by atoms with E-state index < -0.39 is 5.97 Å². The Balaban J connectivity index is 2.46. The van der Waals surface area contributed by atoms with Gasteiger partial charge in [-0.2, -0.15) is 0 Å². The maximum absolute atomic E-state index is 11.5. The molecule has 0 saturated carbocycles. The zero-order valence-electron chi connectivity index (χ0n) is 11.2. The summed E-state index contributed by atoms with van der Waals surface area (Å²) in [5.74, 6) is -0.792. The molecule has 3 N–H and O–H groups in total. The number of carboxylic acids is 1. The molecule has 3 nitrogen and oxygen atoms in total. The first kappa shape index (κ1) is 13.7. The second kappa shape index (κ2) is 6.41. The van der Waals surface area contributed by atoms with Gasteiger partial charge in [-0.15, -0.1) is 0 Å². The fraction of sp³-hybridized carbons (Fsp3) is 0.438. The number of nitrogen functional groups attached to an aromatic ring is 1. The molecule has 0 atom stereocenters. The average molecular weight is 259 g/mol. The van der Waals surface area contributed by atoms with Gasteiger partial charge in [-0.25, -0.2) is 4.79 Å².